The molecule has 3 amide bonds. The lowest BCUT2D eigenvalue weighted by Gasteiger charge is -2.35. The molecule has 1 N–H and O–H groups in total. The number of amides is 3. The average Bonchev–Trinajstić information content (AvgIpc) is 2.73. The lowest BCUT2D eigenvalue weighted by molar-refractivity contribution is -0.149. The molecule has 0 bridgehead atoms. The molecule has 3 rings (SSSR count). The van der Waals surface area contributed by atoms with Gasteiger partial charge in [0.25, 0.3) is 0 Å². The third kappa shape index (κ3) is 7.26. The van der Waals surface area contributed by atoms with Gasteiger partial charge in [0.2, 0.25) is 11.8 Å². The largest absolute Gasteiger partial charge is 0.444 e. The maximum absolute atomic E-state index is 13.3. The van der Waals surface area contributed by atoms with Crippen molar-refractivity contribution < 1.29 is 37.0 Å². The smallest absolute Gasteiger partial charge is 0.433 e. The van der Waals surface area contributed by atoms with E-state index in [4.69, 9.17) is 9.47 Å². The summed E-state index contributed by atoms with van der Waals surface area (Å²) in [6.45, 7) is 7.10. The van der Waals surface area contributed by atoms with Crippen molar-refractivity contribution in [2.75, 3.05) is 26.2 Å². The number of morpholine rings is 1. The number of alkyl carbamates (subject to hydrolysis) is 1. The number of nitrogens with one attached hydrogen (secondary N) is 1. The summed E-state index contributed by atoms with van der Waals surface area (Å²) in [5.41, 5.74) is -1.63. The van der Waals surface area contributed by atoms with E-state index in [1.165, 1.54) is 9.80 Å². The number of rotatable bonds is 5. The summed E-state index contributed by atoms with van der Waals surface area (Å²) < 4.78 is 50.4. The van der Waals surface area contributed by atoms with Crippen LogP contribution >= 0.6 is 0 Å². The molecule has 35 heavy (non-hydrogen) atoms. The summed E-state index contributed by atoms with van der Waals surface area (Å²) in [5, 5.41) is 2.66. The maximum Gasteiger partial charge on any atom is 0.433 e. The summed E-state index contributed by atoms with van der Waals surface area (Å²) in [5.74, 6) is -0.660. The fourth-order valence-corrected chi connectivity index (χ4v) is 4.00. The van der Waals surface area contributed by atoms with E-state index in [0.29, 0.717) is 6.54 Å². The highest BCUT2D eigenvalue weighted by Crippen LogP contribution is 2.33. The minimum atomic E-state index is -4.61. The number of halogens is 3. The van der Waals surface area contributed by atoms with E-state index in [-0.39, 0.29) is 62.4 Å². The van der Waals surface area contributed by atoms with Crippen LogP contribution in [0.3, 0.4) is 0 Å². The van der Waals surface area contributed by atoms with Gasteiger partial charge in [0, 0.05) is 31.6 Å². The molecule has 0 saturated carbocycles. The lowest BCUT2D eigenvalue weighted by atomic mass is 10.0. The van der Waals surface area contributed by atoms with E-state index in [0.717, 1.165) is 6.33 Å². The second-order valence-corrected chi connectivity index (χ2v) is 9.68. The number of aromatic nitrogens is 2. The first kappa shape index (κ1) is 26.6. The van der Waals surface area contributed by atoms with Gasteiger partial charge in [0.05, 0.1) is 24.4 Å². The van der Waals surface area contributed by atoms with Crippen molar-refractivity contribution in [2.24, 2.45) is 0 Å². The molecule has 2 atom stereocenters. The van der Waals surface area contributed by atoms with Crippen LogP contribution in [0, 0.1) is 0 Å². The zero-order valence-electron chi connectivity index (χ0n) is 20.1. The van der Waals surface area contributed by atoms with Gasteiger partial charge in [-0.15, -0.1) is 0 Å². The standard InChI is InChI=1S/C22H30F3N5O5/c1-13-8-30(18(32)11-34-13)9-14(28-20(33)35-21(2,3)4)7-17(31)29-6-5-15-16(10-29)26-12-27-19(15)22(23,24)25/h12-14H,5-11H2,1-4H3,(H,28,33)/t13-,14-/m0/s1. The Labute approximate surface area is 201 Å². The van der Waals surface area contributed by atoms with E-state index in [9.17, 15) is 27.6 Å². The van der Waals surface area contributed by atoms with E-state index >= 15 is 0 Å². The first-order valence-electron chi connectivity index (χ1n) is 11.3. The zero-order chi connectivity index (χ0) is 26.0. The highest BCUT2D eigenvalue weighted by Gasteiger charge is 2.38. The Balaban J connectivity index is 1.72. The second-order valence-electron chi connectivity index (χ2n) is 9.68. The lowest BCUT2D eigenvalue weighted by Crippen LogP contribution is -2.53. The van der Waals surface area contributed by atoms with Crippen molar-refractivity contribution in [3.8, 4) is 0 Å². The first-order valence-corrected chi connectivity index (χ1v) is 11.3. The first-order chi connectivity index (χ1) is 16.2. The summed E-state index contributed by atoms with van der Waals surface area (Å²) in [6, 6.07) is -0.774. The molecular weight excluding hydrogens is 471 g/mol. The Morgan fingerprint density at radius 3 is 2.66 bits per heavy atom. The van der Waals surface area contributed by atoms with Crippen LogP contribution in [0.5, 0.6) is 0 Å². The fraction of sp³-hybridized carbons (Fsp3) is 0.682. The van der Waals surface area contributed by atoms with E-state index in [2.05, 4.69) is 15.3 Å². The topological polar surface area (TPSA) is 114 Å². The Bertz CT molecular complexity index is 966. The van der Waals surface area contributed by atoms with Crippen molar-refractivity contribution in [1.82, 2.24) is 25.1 Å². The van der Waals surface area contributed by atoms with Crippen LogP contribution in [0.1, 0.15) is 51.1 Å². The SMILES string of the molecule is C[C@H]1CN(C[C@H](CC(=O)N2CCc3c(ncnc3C(F)(F)F)C2)NC(=O)OC(C)(C)C)C(=O)CO1. The van der Waals surface area contributed by atoms with E-state index in [1.807, 2.05) is 6.92 Å². The van der Waals surface area contributed by atoms with E-state index in [1.54, 1.807) is 20.8 Å². The molecule has 1 fully saturated rings. The summed E-state index contributed by atoms with van der Waals surface area (Å²) >= 11 is 0. The van der Waals surface area contributed by atoms with Crippen LogP contribution in [0.15, 0.2) is 6.33 Å². The normalized spacial score (nSPS) is 19.7. The molecule has 3 heterocycles. The molecule has 1 saturated heterocycles. The number of fused-ring (bicyclic) bond motifs is 1. The Hall–Kier alpha value is -2.96. The number of hydrogen-bond acceptors (Lipinski definition) is 7. The number of ether oxygens (including phenoxy) is 2. The molecule has 13 heteroatoms. The highest BCUT2D eigenvalue weighted by atomic mass is 19.4. The third-order valence-electron chi connectivity index (χ3n) is 5.53. The van der Waals surface area contributed by atoms with Crippen molar-refractivity contribution in [3.05, 3.63) is 23.3 Å². The van der Waals surface area contributed by atoms with Crippen LogP contribution in [0.4, 0.5) is 18.0 Å². The van der Waals surface area contributed by atoms with Gasteiger partial charge in [0.15, 0.2) is 5.69 Å². The number of nitrogens with zero attached hydrogens (tertiary/aromatic N) is 4. The molecule has 0 radical (unpaired) electrons. The van der Waals surface area contributed by atoms with Crippen molar-refractivity contribution in [3.63, 3.8) is 0 Å². The summed E-state index contributed by atoms with van der Waals surface area (Å²) in [6.07, 6.45) is -4.93. The van der Waals surface area contributed by atoms with Crippen molar-refractivity contribution in [2.45, 2.75) is 71.0 Å². The quantitative estimate of drug-likeness (QED) is 0.656. The Kier molecular flexibility index (Phi) is 7.87. The monoisotopic (exact) mass is 501 g/mol. The maximum atomic E-state index is 13.3. The molecule has 194 valence electrons. The van der Waals surface area contributed by atoms with Gasteiger partial charge in [-0.1, -0.05) is 0 Å². The van der Waals surface area contributed by atoms with Crippen LogP contribution in [-0.4, -0.2) is 81.7 Å². The van der Waals surface area contributed by atoms with Crippen molar-refractivity contribution >= 4 is 17.9 Å². The van der Waals surface area contributed by atoms with Crippen molar-refractivity contribution in [1.29, 1.82) is 0 Å². The molecule has 0 aliphatic carbocycles. The minimum absolute atomic E-state index is 0.0135. The minimum Gasteiger partial charge on any atom is -0.444 e. The molecule has 0 aromatic carbocycles. The van der Waals surface area contributed by atoms with Crippen LogP contribution in [0.25, 0.3) is 0 Å². The molecule has 1 aromatic heterocycles. The Morgan fingerprint density at radius 2 is 2.00 bits per heavy atom. The molecule has 1 aromatic rings. The third-order valence-corrected chi connectivity index (χ3v) is 5.53. The van der Waals surface area contributed by atoms with E-state index < -0.39 is 35.5 Å². The average molecular weight is 502 g/mol. The summed E-state index contributed by atoms with van der Waals surface area (Å²) in [4.78, 5) is 48.0. The van der Waals surface area contributed by atoms with Gasteiger partial charge >= 0.3 is 12.3 Å². The predicted molar refractivity (Wildman–Crippen MR) is 116 cm³/mol. The molecular formula is C22H30F3N5O5. The number of carbonyl (C=O) groups excluding carboxylic acids is 3. The fourth-order valence-electron chi connectivity index (χ4n) is 4.00. The number of hydrogen-bond donors (Lipinski definition) is 1. The second kappa shape index (κ2) is 10.3. The van der Waals surface area contributed by atoms with Crippen LogP contribution < -0.4 is 5.32 Å². The van der Waals surface area contributed by atoms with Gasteiger partial charge in [-0.25, -0.2) is 14.8 Å². The van der Waals surface area contributed by atoms with Crippen LogP contribution in [-0.2, 0) is 38.2 Å². The van der Waals surface area contributed by atoms with Gasteiger partial charge < -0.3 is 24.6 Å². The molecule has 0 spiro atoms. The predicted octanol–water partition coefficient (Wildman–Crippen LogP) is 1.91. The molecule has 2 aliphatic heterocycles. The van der Waals surface area contributed by atoms with Gasteiger partial charge in [-0.2, -0.15) is 13.2 Å². The number of carbonyl (C=O) groups is 3. The zero-order valence-corrected chi connectivity index (χ0v) is 20.1. The van der Waals surface area contributed by atoms with Gasteiger partial charge in [-0.05, 0) is 34.1 Å². The highest BCUT2D eigenvalue weighted by molar-refractivity contribution is 5.80. The molecule has 2 aliphatic rings. The van der Waals surface area contributed by atoms with Gasteiger partial charge in [0.1, 0.15) is 18.5 Å². The van der Waals surface area contributed by atoms with Gasteiger partial charge in [-0.3, -0.25) is 9.59 Å². The molecule has 0 unspecified atom stereocenters. The van der Waals surface area contributed by atoms with Crippen LogP contribution in [0.2, 0.25) is 0 Å². The summed E-state index contributed by atoms with van der Waals surface area (Å²) in [7, 11) is 0. The molecule has 10 nitrogen and oxygen atoms in total. The number of alkyl halides is 3. The Morgan fingerprint density at radius 1 is 1.29 bits per heavy atom.